The third kappa shape index (κ3) is 1.93. The molecule has 2 N–H and O–H groups in total. The van der Waals surface area contributed by atoms with Gasteiger partial charge in [0.15, 0.2) is 18.0 Å². The van der Waals surface area contributed by atoms with E-state index in [0.717, 1.165) is 25.7 Å². The van der Waals surface area contributed by atoms with Crippen molar-refractivity contribution >= 4 is 5.97 Å². The van der Waals surface area contributed by atoms with Crippen LogP contribution in [0.1, 0.15) is 32.1 Å². The second-order valence-corrected chi connectivity index (χ2v) is 5.28. The van der Waals surface area contributed by atoms with Gasteiger partial charge in [0, 0.05) is 12.8 Å². The van der Waals surface area contributed by atoms with Crippen molar-refractivity contribution in [3.05, 3.63) is 0 Å². The van der Waals surface area contributed by atoms with E-state index in [1.807, 2.05) is 0 Å². The van der Waals surface area contributed by atoms with Gasteiger partial charge >= 0.3 is 5.97 Å². The van der Waals surface area contributed by atoms with Crippen molar-refractivity contribution in [2.75, 3.05) is 6.61 Å². The Kier molecular flexibility index (Phi) is 3.05. The minimum atomic E-state index is -1.47. The smallest absolute Gasteiger partial charge is 0.338 e. The van der Waals surface area contributed by atoms with E-state index in [2.05, 4.69) is 0 Å². The average molecular weight is 258 g/mol. The van der Waals surface area contributed by atoms with Crippen LogP contribution in [0.4, 0.5) is 0 Å². The maximum atomic E-state index is 11.2. The molecule has 2 heterocycles. The van der Waals surface area contributed by atoms with Crippen LogP contribution in [0.3, 0.4) is 0 Å². The highest BCUT2D eigenvalue weighted by Gasteiger charge is 2.53. The summed E-state index contributed by atoms with van der Waals surface area (Å²) in [6, 6.07) is 0. The van der Waals surface area contributed by atoms with Gasteiger partial charge in [0.2, 0.25) is 0 Å². The molecule has 0 radical (unpaired) electrons. The lowest BCUT2D eigenvalue weighted by Crippen LogP contribution is -2.41. The Morgan fingerprint density at radius 2 is 1.89 bits per heavy atom. The number of hydrogen-bond acceptors (Lipinski definition) is 6. The Morgan fingerprint density at radius 1 is 1.17 bits per heavy atom. The Balaban J connectivity index is 1.67. The summed E-state index contributed by atoms with van der Waals surface area (Å²) < 4.78 is 16.5. The summed E-state index contributed by atoms with van der Waals surface area (Å²) in [4.78, 5) is 11.2. The van der Waals surface area contributed by atoms with Crippen molar-refractivity contribution < 1.29 is 29.2 Å². The fourth-order valence-corrected chi connectivity index (χ4v) is 2.98. The topological polar surface area (TPSA) is 85.2 Å². The zero-order valence-corrected chi connectivity index (χ0v) is 10.1. The van der Waals surface area contributed by atoms with Gasteiger partial charge in [-0.1, -0.05) is 6.42 Å². The summed E-state index contributed by atoms with van der Waals surface area (Å²) in [7, 11) is 0. The zero-order valence-electron chi connectivity index (χ0n) is 10.1. The van der Waals surface area contributed by atoms with E-state index in [1.54, 1.807) is 0 Å². The molecule has 0 aromatic carbocycles. The number of carbonyl (C=O) groups excluding carboxylic acids is 1. The van der Waals surface area contributed by atoms with Crippen molar-refractivity contribution in [3.8, 4) is 0 Å². The monoisotopic (exact) mass is 258 g/mol. The minimum absolute atomic E-state index is 0.293. The van der Waals surface area contributed by atoms with Crippen LogP contribution in [0.15, 0.2) is 0 Å². The van der Waals surface area contributed by atoms with Crippen molar-refractivity contribution in [2.45, 2.75) is 62.3 Å². The molecule has 3 rings (SSSR count). The summed E-state index contributed by atoms with van der Waals surface area (Å²) in [5.74, 6) is -1.36. The highest BCUT2D eigenvalue weighted by molar-refractivity contribution is 5.77. The highest BCUT2D eigenvalue weighted by Crippen LogP contribution is 2.40. The van der Waals surface area contributed by atoms with E-state index in [9.17, 15) is 15.0 Å². The molecule has 1 saturated carbocycles. The van der Waals surface area contributed by atoms with Crippen molar-refractivity contribution in [1.29, 1.82) is 0 Å². The summed E-state index contributed by atoms with van der Waals surface area (Å²) in [5, 5.41) is 19.1. The Hall–Kier alpha value is -0.690. The number of esters is 1. The van der Waals surface area contributed by atoms with Gasteiger partial charge in [0.05, 0.1) is 6.61 Å². The quantitative estimate of drug-likeness (QED) is 0.629. The van der Waals surface area contributed by atoms with Gasteiger partial charge in [0.25, 0.3) is 0 Å². The summed E-state index contributed by atoms with van der Waals surface area (Å²) in [6.45, 7) is 0.293. The number of cyclic esters (lactones) is 1. The molecule has 3 fully saturated rings. The lowest BCUT2D eigenvalue weighted by Gasteiger charge is -2.32. The maximum absolute atomic E-state index is 11.2. The molecule has 1 aliphatic carbocycles. The minimum Gasteiger partial charge on any atom is -0.455 e. The fraction of sp³-hybridized carbons (Fsp3) is 0.917. The van der Waals surface area contributed by atoms with E-state index < -0.39 is 36.2 Å². The molecule has 102 valence electrons. The first kappa shape index (κ1) is 12.3. The van der Waals surface area contributed by atoms with Gasteiger partial charge in [-0.05, 0) is 12.8 Å². The van der Waals surface area contributed by atoms with E-state index in [4.69, 9.17) is 14.2 Å². The normalized spacial score (nSPS) is 43.3. The molecule has 0 aromatic rings. The van der Waals surface area contributed by atoms with E-state index in [0.29, 0.717) is 6.61 Å². The second kappa shape index (κ2) is 4.45. The third-order valence-electron chi connectivity index (χ3n) is 4.01. The molecule has 0 bridgehead atoms. The van der Waals surface area contributed by atoms with Crippen LogP contribution in [0.5, 0.6) is 0 Å². The SMILES string of the molecule is O=C1O[C@H]([C@H]2COC3(CCCCC3)O2)[C@H](O)[C@H]1O. The predicted octanol–water partition coefficient (Wildman–Crippen LogP) is -0.291. The molecule has 0 amide bonds. The molecule has 2 aliphatic heterocycles. The largest absolute Gasteiger partial charge is 0.455 e. The number of aliphatic hydroxyl groups excluding tert-OH is 2. The van der Waals surface area contributed by atoms with Crippen molar-refractivity contribution in [3.63, 3.8) is 0 Å². The number of aliphatic hydroxyl groups is 2. The number of rotatable bonds is 1. The summed E-state index contributed by atoms with van der Waals surface area (Å²) >= 11 is 0. The Bertz CT molecular complexity index is 337. The number of hydrogen-bond donors (Lipinski definition) is 2. The van der Waals surface area contributed by atoms with E-state index in [1.165, 1.54) is 6.42 Å². The Morgan fingerprint density at radius 3 is 2.50 bits per heavy atom. The second-order valence-electron chi connectivity index (χ2n) is 5.28. The van der Waals surface area contributed by atoms with Crippen LogP contribution < -0.4 is 0 Å². The van der Waals surface area contributed by atoms with Gasteiger partial charge in [-0.3, -0.25) is 0 Å². The molecular formula is C12H18O6. The molecule has 1 spiro atoms. The van der Waals surface area contributed by atoms with Crippen LogP contribution in [0.2, 0.25) is 0 Å². The standard InChI is InChI=1S/C12H18O6/c13-8-9(14)11(15)17-10(8)7-6-16-12(18-7)4-2-1-3-5-12/h7-10,13-14H,1-6H2/t7-,8-,9-,10-/m1/s1. The van der Waals surface area contributed by atoms with Gasteiger partial charge in [-0.2, -0.15) is 0 Å². The van der Waals surface area contributed by atoms with Crippen molar-refractivity contribution in [2.24, 2.45) is 0 Å². The van der Waals surface area contributed by atoms with Crippen LogP contribution >= 0.6 is 0 Å². The first-order valence-electron chi connectivity index (χ1n) is 6.50. The predicted molar refractivity (Wildman–Crippen MR) is 58.5 cm³/mol. The van der Waals surface area contributed by atoms with Crippen molar-refractivity contribution in [1.82, 2.24) is 0 Å². The van der Waals surface area contributed by atoms with Crippen LogP contribution in [-0.4, -0.2) is 53.0 Å². The summed E-state index contributed by atoms with van der Waals surface area (Å²) in [6.07, 6.45) is 0.953. The van der Waals surface area contributed by atoms with Crippen LogP contribution in [-0.2, 0) is 19.0 Å². The lowest BCUT2D eigenvalue weighted by molar-refractivity contribution is -0.200. The molecule has 0 aromatic heterocycles. The lowest BCUT2D eigenvalue weighted by atomic mass is 9.94. The van der Waals surface area contributed by atoms with Gasteiger partial charge in [-0.25, -0.2) is 4.79 Å². The van der Waals surface area contributed by atoms with E-state index >= 15 is 0 Å². The van der Waals surface area contributed by atoms with Crippen LogP contribution in [0, 0.1) is 0 Å². The molecule has 6 heteroatoms. The fourth-order valence-electron chi connectivity index (χ4n) is 2.98. The molecule has 4 atom stereocenters. The average Bonchev–Trinajstić information content (AvgIpc) is 2.88. The molecule has 3 aliphatic rings. The first-order valence-corrected chi connectivity index (χ1v) is 6.50. The number of ether oxygens (including phenoxy) is 3. The Labute approximate surface area is 105 Å². The molecule has 0 unspecified atom stereocenters. The molecular weight excluding hydrogens is 240 g/mol. The van der Waals surface area contributed by atoms with Gasteiger partial charge < -0.3 is 24.4 Å². The van der Waals surface area contributed by atoms with E-state index in [-0.39, 0.29) is 0 Å². The van der Waals surface area contributed by atoms with Crippen LogP contribution in [0.25, 0.3) is 0 Å². The molecule has 2 saturated heterocycles. The van der Waals surface area contributed by atoms with Gasteiger partial charge in [0.1, 0.15) is 12.2 Å². The molecule has 6 nitrogen and oxygen atoms in total. The third-order valence-corrected chi connectivity index (χ3v) is 4.01. The zero-order chi connectivity index (χ0) is 12.8. The van der Waals surface area contributed by atoms with Gasteiger partial charge in [-0.15, -0.1) is 0 Å². The molecule has 18 heavy (non-hydrogen) atoms. The maximum Gasteiger partial charge on any atom is 0.338 e. The summed E-state index contributed by atoms with van der Waals surface area (Å²) in [5.41, 5.74) is 0. The first-order chi connectivity index (χ1) is 8.61. The number of carbonyl (C=O) groups is 1. The highest BCUT2D eigenvalue weighted by atomic mass is 16.8.